The van der Waals surface area contributed by atoms with Gasteiger partial charge in [-0.25, -0.2) is 0 Å². The third kappa shape index (κ3) is 5.40. The number of ether oxygens (including phenoxy) is 2. The van der Waals surface area contributed by atoms with Crippen LogP contribution in [0, 0.1) is 5.92 Å². The van der Waals surface area contributed by atoms with Gasteiger partial charge in [0.25, 0.3) is 5.91 Å². The molecule has 2 aromatic carbocycles. The predicted molar refractivity (Wildman–Crippen MR) is 126 cm³/mol. The predicted octanol–water partition coefficient (Wildman–Crippen LogP) is 4.52. The fourth-order valence-electron chi connectivity index (χ4n) is 3.79. The van der Waals surface area contributed by atoms with Gasteiger partial charge in [0.15, 0.2) is 0 Å². The molecular formula is C25H27N3O3S. The van der Waals surface area contributed by atoms with Gasteiger partial charge in [-0.2, -0.15) is 0 Å². The summed E-state index contributed by atoms with van der Waals surface area (Å²) in [4.78, 5) is 18.9. The molecular weight excluding hydrogens is 422 g/mol. The molecule has 2 fully saturated rings. The molecule has 32 heavy (non-hydrogen) atoms. The lowest BCUT2D eigenvalue weighted by molar-refractivity contribution is 0.0954. The van der Waals surface area contributed by atoms with Crippen LogP contribution in [0.4, 0.5) is 5.69 Å². The number of benzene rings is 2. The Morgan fingerprint density at radius 2 is 1.84 bits per heavy atom. The second-order valence-corrected chi connectivity index (χ2v) is 9.30. The van der Waals surface area contributed by atoms with Gasteiger partial charge in [0.05, 0.1) is 24.9 Å². The Bertz CT molecular complexity index is 1020. The Balaban J connectivity index is 1.08. The maximum atomic E-state index is 12.0. The Kier molecular flexibility index (Phi) is 6.25. The van der Waals surface area contributed by atoms with Crippen molar-refractivity contribution in [2.45, 2.75) is 31.9 Å². The Hall–Kier alpha value is -3.06. The van der Waals surface area contributed by atoms with E-state index >= 15 is 0 Å². The summed E-state index contributed by atoms with van der Waals surface area (Å²) in [5.74, 6) is 2.48. The molecule has 1 saturated carbocycles. The van der Waals surface area contributed by atoms with Crippen LogP contribution in [0.3, 0.4) is 0 Å². The standard InChI is InChI=1S/C25H27N3O3S/c29-25(24-14-26-17-32-24)27-13-18-3-7-22(8-4-18)31-23-11-12-28(15-23)20-5-9-21(10-6-20)30-16-19-1-2-19/h3-10,14,17,19,23H,1-2,11-13,15-16H2,(H,27,29)/t23-/m1/s1. The van der Waals surface area contributed by atoms with E-state index in [0.29, 0.717) is 11.4 Å². The monoisotopic (exact) mass is 449 g/mol. The van der Waals surface area contributed by atoms with Crippen LogP contribution in [0.2, 0.25) is 0 Å². The van der Waals surface area contributed by atoms with Crippen molar-refractivity contribution in [2.75, 3.05) is 24.6 Å². The second kappa shape index (κ2) is 9.61. The zero-order chi connectivity index (χ0) is 21.8. The lowest BCUT2D eigenvalue weighted by Gasteiger charge is -2.19. The molecule has 7 heteroatoms. The quantitative estimate of drug-likeness (QED) is 0.520. The van der Waals surface area contributed by atoms with Crippen molar-refractivity contribution in [3.63, 3.8) is 0 Å². The number of nitrogens with one attached hydrogen (secondary N) is 1. The molecule has 0 unspecified atom stereocenters. The van der Waals surface area contributed by atoms with Crippen molar-refractivity contribution in [3.8, 4) is 11.5 Å². The van der Waals surface area contributed by atoms with E-state index in [4.69, 9.17) is 9.47 Å². The number of carbonyl (C=O) groups excluding carboxylic acids is 1. The van der Waals surface area contributed by atoms with E-state index in [1.807, 2.05) is 24.3 Å². The van der Waals surface area contributed by atoms with Gasteiger partial charge in [0.2, 0.25) is 0 Å². The van der Waals surface area contributed by atoms with Crippen LogP contribution in [-0.4, -0.2) is 36.7 Å². The van der Waals surface area contributed by atoms with Crippen LogP contribution in [0.1, 0.15) is 34.5 Å². The fraction of sp³-hybridized carbons (Fsp3) is 0.360. The molecule has 1 saturated heterocycles. The van der Waals surface area contributed by atoms with Crippen molar-refractivity contribution in [1.82, 2.24) is 10.3 Å². The molecule has 6 nitrogen and oxygen atoms in total. The van der Waals surface area contributed by atoms with Gasteiger partial charge in [-0.3, -0.25) is 9.78 Å². The molecule has 1 aliphatic heterocycles. The highest BCUT2D eigenvalue weighted by molar-refractivity contribution is 7.11. The van der Waals surface area contributed by atoms with Crippen LogP contribution in [0.5, 0.6) is 11.5 Å². The van der Waals surface area contributed by atoms with Gasteiger partial charge in [-0.15, -0.1) is 11.3 Å². The third-order valence-corrected chi connectivity index (χ3v) is 6.64. The van der Waals surface area contributed by atoms with E-state index in [1.54, 1.807) is 11.7 Å². The van der Waals surface area contributed by atoms with Gasteiger partial charge in [0, 0.05) is 25.2 Å². The number of carbonyl (C=O) groups is 1. The highest BCUT2D eigenvalue weighted by Crippen LogP contribution is 2.30. The molecule has 5 rings (SSSR count). The number of thiazole rings is 1. The number of amides is 1. The van der Waals surface area contributed by atoms with E-state index in [1.165, 1.54) is 29.9 Å². The summed E-state index contributed by atoms with van der Waals surface area (Å²) >= 11 is 1.34. The van der Waals surface area contributed by atoms with E-state index in [2.05, 4.69) is 39.5 Å². The fourth-order valence-corrected chi connectivity index (χ4v) is 4.32. The smallest absolute Gasteiger partial charge is 0.263 e. The summed E-state index contributed by atoms with van der Waals surface area (Å²) in [6.45, 7) is 3.18. The van der Waals surface area contributed by atoms with Gasteiger partial charge in [0.1, 0.15) is 22.5 Å². The minimum Gasteiger partial charge on any atom is -0.493 e. The molecule has 1 amide bonds. The average Bonchev–Trinajstić information content (AvgIpc) is 3.28. The highest BCUT2D eigenvalue weighted by atomic mass is 32.1. The number of aromatic nitrogens is 1. The van der Waals surface area contributed by atoms with E-state index in [9.17, 15) is 4.79 Å². The summed E-state index contributed by atoms with van der Waals surface area (Å²) in [5, 5.41) is 2.91. The third-order valence-electron chi connectivity index (χ3n) is 5.86. The second-order valence-electron chi connectivity index (χ2n) is 8.42. The van der Waals surface area contributed by atoms with Crippen molar-refractivity contribution in [1.29, 1.82) is 0 Å². The molecule has 0 bridgehead atoms. The number of nitrogens with zero attached hydrogens (tertiary/aromatic N) is 2. The minimum atomic E-state index is -0.0959. The summed E-state index contributed by atoms with van der Waals surface area (Å²) < 4.78 is 12.0. The van der Waals surface area contributed by atoms with Gasteiger partial charge in [-0.1, -0.05) is 12.1 Å². The summed E-state index contributed by atoms with van der Waals surface area (Å²) in [6.07, 6.45) is 5.35. The molecule has 1 aromatic heterocycles. The molecule has 2 heterocycles. The van der Waals surface area contributed by atoms with E-state index in [0.717, 1.165) is 49.1 Å². The van der Waals surface area contributed by atoms with E-state index in [-0.39, 0.29) is 12.0 Å². The maximum Gasteiger partial charge on any atom is 0.263 e. The maximum absolute atomic E-state index is 12.0. The van der Waals surface area contributed by atoms with Crippen LogP contribution >= 0.6 is 11.3 Å². The van der Waals surface area contributed by atoms with Crippen molar-refractivity contribution in [3.05, 3.63) is 70.7 Å². The lowest BCUT2D eigenvalue weighted by Crippen LogP contribution is -2.24. The molecule has 166 valence electrons. The zero-order valence-corrected chi connectivity index (χ0v) is 18.7. The molecule has 1 N–H and O–H groups in total. The van der Waals surface area contributed by atoms with Crippen molar-refractivity contribution >= 4 is 22.9 Å². The minimum absolute atomic E-state index is 0.0959. The molecule has 1 aliphatic carbocycles. The number of anilines is 1. The number of rotatable bonds is 9. The van der Waals surface area contributed by atoms with E-state index < -0.39 is 0 Å². The first-order valence-electron chi connectivity index (χ1n) is 11.1. The number of hydrogen-bond acceptors (Lipinski definition) is 6. The van der Waals surface area contributed by atoms with Crippen molar-refractivity contribution < 1.29 is 14.3 Å². The van der Waals surface area contributed by atoms with Crippen molar-refractivity contribution in [2.24, 2.45) is 5.92 Å². The lowest BCUT2D eigenvalue weighted by atomic mass is 10.2. The normalized spacial score (nSPS) is 17.9. The topological polar surface area (TPSA) is 63.7 Å². The largest absolute Gasteiger partial charge is 0.493 e. The van der Waals surface area contributed by atoms with Gasteiger partial charge in [-0.05, 0) is 60.7 Å². The molecule has 0 spiro atoms. The Morgan fingerprint density at radius 1 is 1.06 bits per heavy atom. The molecule has 2 aliphatic rings. The van der Waals surface area contributed by atoms with Gasteiger partial charge < -0.3 is 19.7 Å². The Labute approximate surface area is 192 Å². The first-order chi connectivity index (χ1) is 15.7. The van der Waals surface area contributed by atoms with Crippen LogP contribution in [0.25, 0.3) is 0 Å². The van der Waals surface area contributed by atoms with Crippen LogP contribution in [0.15, 0.2) is 60.2 Å². The SMILES string of the molecule is O=C(NCc1ccc(O[C@@H]2CCN(c3ccc(OCC4CC4)cc3)C2)cc1)c1cncs1. The number of hydrogen-bond donors (Lipinski definition) is 1. The Morgan fingerprint density at radius 3 is 2.56 bits per heavy atom. The molecule has 3 aromatic rings. The summed E-state index contributed by atoms with van der Waals surface area (Å²) in [7, 11) is 0. The van der Waals surface area contributed by atoms with Gasteiger partial charge >= 0.3 is 0 Å². The average molecular weight is 450 g/mol. The molecule has 0 radical (unpaired) electrons. The highest BCUT2D eigenvalue weighted by Gasteiger charge is 2.25. The first kappa shape index (κ1) is 20.8. The van der Waals surface area contributed by atoms with Crippen LogP contribution < -0.4 is 19.7 Å². The zero-order valence-electron chi connectivity index (χ0n) is 17.9. The molecule has 1 atom stereocenters. The first-order valence-corrected chi connectivity index (χ1v) is 12.0. The van der Waals surface area contributed by atoms with Crippen LogP contribution in [-0.2, 0) is 6.54 Å². The summed E-state index contributed by atoms with van der Waals surface area (Å²) in [5.41, 5.74) is 3.90. The summed E-state index contributed by atoms with van der Waals surface area (Å²) in [6, 6.07) is 16.4.